The molecule has 144 valence electrons. The molecule has 2 atom stereocenters. The zero-order valence-corrected chi connectivity index (χ0v) is 16.6. The number of nitrogen functional groups attached to an aromatic ring is 1. The van der Waals surface area contributed by atoms with Crippen molar-refractivity contribution in [2.75, 3.05) is 12.3 Å². The molecule has 28 heavy (non-hydrogen) atoms. The first-order chi connectivity index (χ1) is 13.3. The highest BCUT2D eigenvalue weighted by atomic mass is 16.2. The zero-order valence-electron chi connectivity index (χ0n) is 16.6. The van der Waals surface area contributed by atoms with Crippen LogP contribution in [0.3, 0.4) is 0 Å². The number of H-pyrrole nitrogens is 1. The van der Waals surface area contributed by atoms with E-state index in [0.29, 0.717) is 0 Å². The number of nitrogens with zero attached hydrogens (tertiary/aromatic N) is 2. The summed E-state index contributed by atoms with van der Waals surface area (Å²) in [5.74, 6) is 0.101. The summed E-state index contributed by atoms with van der Waals surface area (Å²) in [4.78, 5) is 23.0. The molecule has 1 aromatic heterocycles. The smallest absolute Gasteiger partial charge is 0.254 e. The Morgan fingerprint density at radius 3 is 2.86 bits per heavy atom. The number of carbonyl (C=O) groups excluding carboxylic acids is 1. The Morgan fingerprint density at radius 2 is 2.04 bits per heavy atom. The minimum absolute atomic E-state index is 0.0257. The maximum atomic E-state index is 13.5. The van der Waals surface area contributed by atoms with E-state index in [1.807, 2.05) is 24.3 Å². The second-order valence-corrected chi connectivity index (χ2v) is 9.07. The molecule has 1 aliphatic carbocycles. The van der Waals surface area contributed by atoms with Gasteiger partial charge in [0.25, 0.3) is 5.91 Å². The molecule has 3 N–H and O–H groups in total. The van der Waals surface area contributed by atoms with Crippen LogP contribution in [0.5, 0.6) is 0 Å². The van der Waals surface area contributed by atoms with Crippen LogP contribution in [0.25, 0.3) is 11.0 Å². The number of nitrogens with two attached hydrogens (primary N) is 1. The number of nitrogens with one attached hydrogen (secondary N) is 1. The molecule has 2 heterocycles. The first-order valence-corrected chi connectivity index (χ1v) is 9.94. The van der Waals surface area contributed by atoms with E-state index in [0.717, 1.165) is 41.7 Å². The molecule has 2 bridgehead atoms. The normalized spacial score (nSPS) is 25.5. The Hall–Kier alpha value is -2.82. The third-order valence-electron chi connectivity index (χ3n) is 7.55. The van der Waals surface area contributed by atoms with Gasteiger partial charge in [-0.2, -0.15) is 0 Å². The van der Waals surface area contributed by atoms with Crippen LogP contribution in [-0.4, -0.2) is 33.4 Å². The number of benzene rings is 2. The van der Waals surface area contributed by atoms with Crippen molar-refractivity contribution in [3.05, 3.63) is 59.4 Å². The van der Waals surface area contributed by atoms with Crippen molar-refractivity contribution in [1.29, 1.82) is 0 Å². The molecule has 1 amide bonds. The molecule has 0 spiro atoms. The predicted octanol–water partition coefficient (Wildman–Crippen LogP) is 3.90. The molecule has 2 aliphatic rings. The van der Waals surface area contributed by atoms with Crippen LogP contribution in [0.1, 0.15) is 48.7 Å². The first kappa shape index (κ1) is 17.3. The van der Waals surface area contributed by atoms with Crippen molar-refractivity contribution >= 4 is 22.6 Å². The molecule has 1 saturated heterocycles. The first-order valence-electron chi connectivity index (χ1n) is 9.94. The van der Waals surface area contributed by atoms with Gasteiger partial charge in [0.2, 0.25) is 0 Å². The number of imidazole rings is 1. The van der Waals surface area contributed by atoms with Gasteiger partial charge in [-0.1, -0.05) is 26.8 Å². The second-order valence-electron chi connectivity index (χ2n) is 9.07. The van der Waals surface area contributed by atoms with Gasteiger partial charge in [0.1, 0.15) is 0 Å². The number of carbonyl (C=O) groups is 1. The number of hydrogen-bond donors (Lipinski definition) is 2. The van der Waals surface area contributed by atoms with Gasteiger partial charge in [-0.3, -0.25) is 4.79 Å². The molecule has 3 aromatic rings. The molecule has 2 aromatic carbocycles. The summed E-state index contributed by atoms with van der Waals surface area (Å²) in [5.41, 5.74) is 12.1. The van der Waals surface area contributed by atoms with E-state index >= 15 is 0 Å². The number of anilines is 1. The molecule has 0 saturated carbocycles. The van der Waals surface area contributed by atoms with E-state index in [1.165, 1.54) is 11.1 Å². The summed E-state index contributed by atoms with van der Waals surface area (Å²) in [7, 11) is 0. The number of hydrogen-bond acceptors (Lipinski definition) is 3. The van der Waals surface area contributed by atoms with E-state index in [9.17, 15) is 4.79 Å². The standard InChI is InChI=1S/C23H26N4O/c1-22(2)20-12-15-10-16(24)5-6-17(15)23(22,3)8-9-27(20)21(28)14-4-7-18-19(11-14)26-13-25-18/h4-7,10-11,13,20H,8-9,12,24H2,1-3H3,(H,25,26)/t20-,23+/m1/s1. The fraction of sp³-hybridized carbons (Fsp3) is 0.391. The summed E-state index contributed by atoms with van der Waals surface area (Å²) in [6.07, 6.45) is 3.46. The van der Waals surface area contributed by atoms with Crippen molar-refractivity contribution in [3.8, 4) is 0 Å². The van der Waals surface area contributed by atoms with Gasteiger partial charge >= 0.3 is 0 Å². The Bertz CT molecular complexity index is 1100. The van der Waals surface area contributed by atoms with Gasteiger partial charge in [-0.05, 0) is 59.7 Å². The highest BCUT2D eigenvalue weighted by Gasteiger charge is 2.56. The number of aromatic nitrogens is 2. The summed E-state index contributed by atoms with van der Waals surface area (Å²) >= 11 is 0. The number of aromatic amines is 1. The number of amides is 1. The van der Waals surface area contributed by atoms with Gasteiger partial charge in [0.05, 0.1) is 17.4 Å². The van der Waals surface area contributed by atoms with Gasteiger partial charge in [-0.15, -0.1) is 0 Å². The lowest BCUT2D eigenvalue weighted by Crippen LogP contribution is -2.64. The fourth-order valence-electron chi connectivity index (χ4n) is 5.43. The summed E-state index contributed by atoms with van der Waals surface area (Å²) < 4.78 is 0. The topological polar surface area (TPSA) is 75.0 Å². The van der Waals surface area contributed by atoms with Crippen molar-refractivity contribution in [2.24, 2.45) is 5.41 Å². The fourth-order valence-corrected chi connectivity index (χ4v) is 5.43. The van der Waals surface area contributed by atoms with Gasteiger partial charge in [0, 0.05) is 29.3 Å². The third-order valence-corrected chi connectivity index (χ3v) is 7.55. The molecule has 0 radical (unpaired) electrons. The summed E-state index contributed by atoms with van der Waals surface area (Å²) in [5, 5.41) is 0. The van der Waals surface area contributed by atoms with E-state index in [4.69, 9.17) is 5.73 Å². The molecule has 5 nitrogen and oxygen atoms in total. The molecule has 1 fully saturated rings. The minimum atomic E-state index is -0.0257. The number of fused-ring (bicyclic) bond motifs is 5. The van der Waals surface area contributed by atoms with Crippen molar-refractivity contribution in [3.63, 3.8) is 0 Å². The van der Waals surface area contributed by atoms with Crippen molar-refractivity contribution < 1.29 is 4.79 Å². The van der Waals surface area contributed by atoms with Crippen LogP contribution in [0.4, 0.5) is 5.69 Å². The molecule has 1 aliphatic heterocycles. The lowest BCUT2D eigenvalue weighted by Gasteiger charge is -2.60. The van der Waals surface area contributed by atoms with Crippen LogP contribution < -0.4 is 5.73 Å². The van der Waals surface area contributed by atoms with Gasteiger partial charge in [-0.25, -0.2) is 4.98 Å². The summed E-state index contributed by atoms with van der Waals surface area (Å²) in [6.45, 7) is 7.75. The second kappa shape index (κ2) is 5.60. The highest BCUT2D eigenvalue weighted by molar-refractivity contribution is 5.97. The lowest BCUT2D eigenvalue weighted by molar-refractivity contribution is -0.0261. The SMILES string of the molecule is CC1(C)[C@H]2Cc3cc(N)ccc3[C@]1(C)CCN2C(=O)c1ccc2nc[nH]c2c1. The van der Waals surface area contributed by atoms with Crippen LogP contribution in [0.15, 0.2) is 42.7 Å². The minimum Gasteiger partial charge on any atom is -0.399 e. The van der Waals surface area contributed by atoms with Crippen LogP contribution in [-0.2, 0) is 11.8 Å². The molecule has 5 rings (SSSR count). The molecule has 0 unspecified atom stereocenters. The van der Waals surface area contributed by atoms with Crippen LogP contribution in [0, 0.1) is 5.41 Å². The number of rotatable bonds is 1. The Balaban J connectivity index is 1.57. The average Bonchev–Trinajstić information content (AvgIpc) is 3.12. The predicted molar refractivity (Wildman–Crippen MR) is 111 cm³/mol. The summed E-state index contributed by atoms with van der Waals surface area (Å²) in [6, 6.07) is 12.2. The van der Waals surface area contributed by atoms with Gasteiger partial charge < -0.3 is 15.6 Å². The Morgan fingerprint density at radius 1 is 1.21 bits per heavy atom. The number of likely N-dealkylation sites (tertiary alicyclic amines) is 1. The van der Waals surface area contributed by atoms with Crippen LogP contribution >= 0.6 is 0 Å². The Labute approximate surface area is 164 Å². The molecular weight excluding hydrogens is 348 g/mol. The molecule has 5 heteroatoms. The van der Waals surface area contributed by atoms with E-state index < -0.39 is 0 Å². The maximum absolute atomic E-state index is 13.5. The monoisotopic (exact) mass is 374 g/mol. The Kier molecular flexibility index (Phi) is 3.46. The van der Waals surface area contributed by atoms with Crippen molar-refractivity contribution in [2.45, 2.75) is 45.1 Å². The van der Waals surface area contributed by atoms with Crippen LogP contribution in [0.2, 0.25) is 0 Å². The average molecular weight is 374 g/mol. The number of piperidine rings is 1. The quantitative estimate of drug-likeness (QED) is 0.634. The highest BCUT2D eigenvalue weighted by Crippen LogP contribution is 2.56. The third kappa shape index (κ3) is 2.19. The van der Waals surface area contributed by atoms with Crippen molar-refractivity contribution in [1.82, 2.24) is 14.9 Å². The lowest BCUT2D eigenvalue weighted by atomic mass is 9.51. The zero-order chi connectivity index (χ0) is 19.7. The molecular formula is C23H26N4O. The van der Waals surface area contributed by atoms with Gasteiger partial charge in [0.15, 0.2) is 0 Å². The van der Waals surface area contributed by atoms with E-state index in [-0.39, 0.29) is 22.8 Å². The largest absolute Gasteiger partial charge is 0.399 e. The maximum Gasteiger partial charge on any atom is 0.254 e. The van der Waals surface area contributed by atoms with E-state index in [2.05, 4.69) is 47.8 Å². The van der Waals surface area contributed by atoms with E-state index in [1.54, 1.807) is 6.33 Å².